The first-order chi connectivity index (χ1) is 11.6. The van der Waals surface area contributed by atoms with Gasteiger partial charge in [0.25, 0.3) is 0 Å². The minimum Gasteiger partial charge on any atom is -0.344 e. The van der Waals surface area contributed by atoms with Crippen LogP contribution in [0.25, 0.3) is 0 Å². The smallest absolute Gasteiger partial charge is 0.249 e. The quantitative estimate of drug-likeness (QED) is 0.909. The molecule has 1 aromatic carbocycles. The third kappa shape index (κ3) is 3.32. The summed E-state index contributed by atoms with van der Waals surface area (Å²) < 4.78 is 1.90. The first kappa shape index (κ1) is 16.2. The average molecular weight is 326 g/mol. The van der Waals surface area contributed by atoms with Crippen molar-refractivity contribution in [1.29, 1.82) is 0 Å². The number of nitrogens with one attached hydrogen (secondary N) is 1. The molecule has 2 amide bonds. The van der Waals surface area contributed by atoms with Crippen LogP contribution in [0.5, 0.6) is 0 Å². The number of amides is 2. The first-order valence-corrected chi connectivity index (χ1v) is 8.19. The van der Waals surface area contributed by atoms with Gasteiger partial charge in [-0.15, -0.1) is 0 Å². The van der Waals surface area contributed by atoms with E-state index in [0.29, 0.717) is 19.3 Å². The van der Waals surface area contributed by atoms with E-state index >= 15 is 0 Å². The summed E-state index contributed by atoms with van der Waals surface area (Å²) in [5.74, 6) is -0.140. The lowest BCUT2D eigenvalue weighted by Crippen LogP contribution is -2.42. The zero-order chi connectivity index (χ0) is 17.1. The molecule has 2 atom stereocenters. The van der Waals surface area contributed by atoms with Crippen molar-refractivity contribution < 1.29 is 9.59 Å². The summed E-state index contributed by atoms with van der Waals surface area (Å²) >= 11 is 0. The molecule has 6 nitrogen and oxygen atoms in total. The van der Waals surface area contributed by atoms with Gasteiger partial charge in [-0.1, -0.05) is 18.2 Å². The van der Waals surface area contributed by atoms with Crippen molar-refractivity contribution in [3.63, 3.8) is 0 Å². The molecule has 2 unspecified atom stereocenters. The molecule has 126 valence electrons. The number of para-hydroxylation sites is 1. The first-order valence-electron chi connectivity index (χ1n) is 8.19. The van der Waals surface area contributed by atoms with Crippen molar-refractivity contribution in [3.8, 4) is 0 Å². The van der Waals surface area contributed by atoms with Gasteiger partial charge in [-0.05, 0) is 31.9 Å². The molecular formula is C18H22N4O2. The maximum absolute atomic E-state index is 12.6. The van der Waals surface area contributed by atoms with Crippen molar-refractivity contribution in [3.05, 3.63) is 48.5 Å². The highest BCUT2D eigenvalue weighted by Gasteiger charge is 2.38. The van der Waals surface area contributed by atoms with E-state index in [-0.39, 0.29) is 17.9 Å². The zero-order valence-electron chi connectivity index (χ0n) is 14.0. The van der Waals surface area contributed by atoms with E-state index in [2.05, 4.69) is 10.3 Å². The lowest BCUT2D eigenvalue weighted by atomic mass is 10.1. The fourth-order valence-corrected chi connectivity index (χ4v) is 3.16. The molecule has 2 aromatic rings. The molecule has 2 heterocycles. The van der Waals surface area contributed by atoms with Crippen LogP contribution >= 0.6 is 0 Å². The fraction of sp³-hybridized carbons (Fsp3) is 0.389. The Bertz CT molecular complexity index is 726. The Morgan fingerprint density at radius 1 is 1.33 bits per heavy atom. The predicted molar refractivity (Wildman–Crippen MR) is 91.5 cm³/mol. The van der Waals surface area contributed by atoms with Crippen molar-refractivity contribution in [2.45, 2.75) is 38.3 Å². The third-order valence-electron chi connectivity index (χ3n) is 4.45. The van der Waals surface area contributed by atoms with Gasteiger partial charge in [0.1, 0.15) is 6.04 Å². The number of hydrogen-bond donors (Lipinski definition) is 1. The van der Waals surface area contributed by atoms with Crippen LogP contribution in [-0.4, -0.2) is 33.4 Å². The van der Waals surface area contributed by atoms with Crippen LogP contribution in [0.2, 0.25) is 0 Å². The Labute approximate surface area is 141 Å². The number of carbonyl (C=O) groups excluding carboxylic acids is 2. The average Bonchev–Trinajstić information content (AvgIpc) is 3.09. The van der Waals surface area contributed by atoms with Crippen LogP contribution in [0.15, 0.2) is 42.9 Å². The highest BCUT2D eigenvalue weighted by atomic mass is 16.2. The molecule has 1 aliphatic heterocycles. The van der Waals surface area contributed by atoms with E-state index in [1.54, 1.807) is 17.4 Å². The van der Waals surface area contributed by atoms with Gasteiger partial charge >= 0.3 is 0 Å². The van der Waals surface area contributed by atoms with Gasteiger partial charge in [-0.3, -0.25) is 9.59 Å². The molecular weight excluding hydrogens is 304 g/mol. The number of hydrogen-bond acceptors (Lipinski definition) is 3. The maximum Gasteiger partial charge on any atom is 0.249 e. The number of carbonyl (C=O) groups is 2. The van der Waals surface area contributed by atoms with Gasteiger partial charge in [0.15, 0.2) is 0 Å². The molecule has 1 N–H and O–H groups in total. The van der Waals surface area contributed by atoms with E-state index in [1.807, 2.05) is 48.9 Å². The molecule has 0 aliphatic carbocycles. The summed E-state index contributed by atoms with van der Waals surface area (Å²) in [5, 5.41) is 2.88. The van der Waals surface area contributed by atoms with Crippen molar-refractivity contribution >= 4 is 17.5 Å². The number of anilines is 1. The lowest BCUT2D eigenvalue weighted by molar-refractivity contribution is -0.126. The number of imidazole rings is 1. The summed E-state index contributed by atoms with van der Waals surface area (Å²) in [7, 11) is 1.90. The van der Waals surface area contributed by atoms with Crippen LogP contribution < -0.4 is 10.2 Å². The molecule has 24 heavy (non-hydrogen) atoms. The molecule has 0 saturated carbocycles. The third-order valence-corrected chi connectivity index (χ3v) is 4.45. The molecule has 0 radical (unpaired) electrons. The number of benzene rings is 1. The Balaban J connectivity index is 1.59. The van der Waals surface area contributed by atoms with E-state index in [9.17, 15) is 9.59 Å². The Kier molecular flexibility index (Phi) is 4.64. The number of aromatic nitrogens is 2. The second-order valence-electron chi connectivity index (χ2n) is 6.24. The normalized spacial score (nSPS) is 20.4. The van der Waals surface area contributed by atoms with E-state index in [1.165, 1.54) is 0 Å². The monoisotopic (exact) mass is 326 g/mol. The molecule has 3 rings (SSSR count). The van der Waals surface area contributed by atoms with Crippen molar-refractivity contribution in [1.82, 2.24) is 14.9 Å². The minimum absolute atomic E-state index is 0.0393. The summed E-state index contributed by atoms with van der Waals surface area (Å²) in [6.07, 6.45) is 5.07. The van der Waals surface area contributed by atoms with Crippen LogP contribution in [0, 0.1) is 0 Å². The molecule has 0 spiro atoms. The van der Waals surface area contributed by atoms with Crippen LogP contribution in [-0.2, 0) is 23.1 Å². The number of rotatable bonds is 5. The van der Waals surface area contributed by atoms with E-state index < -0.39 is 6.04 Å². The second kappa shape index (κ2) is 6.86. The van der Waals surface area contributed by atoms with Crippen molar-refractivity contribution in [2.24, 2.45) is 7.05 Å². The molecule has 1 aromatic heterocycles. The van der Waals surface area contributed by atoms with Crippen LogP contribution in [0.4, 0.5) is 5.69 Å². The van der Waals surface area contributed by atoms with Gasteiger partial charge in [0.05, 0.1) is 6.33 Å². The summed E-state index contributed by atoms with van der Waals surface area (Å²) in [6.45, 7) is 2.01. The molecule has 6 heteroatoms. The van der Waals surface area contributed by atoms with Gasteiger partial charge in [-0.25, -0.2) is 4.98 Å². The molecule has 1 saturated heterocycles. The maximum atomic E-state index is 12.6. The van der Waals surface area contributed by atoms with E-state index in [0.717, 1.165) is 11.4 Å². The number of nitrogens with zero attached hydrogens (tertiary/aromatic N) is 3. The van der Waals surface area contributed by atoms with Gasteiger partial charge < -0.3 is 14.8 Å². The highest BCUT2D eigenvalue weighted by molar-refractivity contribution is 6.01. The van der Waals surface area contributed by atoms with E-state index in [4.69, 9.17) is 0 Å². The van der Waals surface area contributed by atoms with Crippen molar-refractivity contribution in [2.75, 3.05) is 4.90 Å². The number of aryl methyl sites for hydroxylation is 2. The standard InChI is InChI=1S/C18H22N4O2/c1-13-10-16(18(24)22(13)14-6-4-3-5-7-14)20-17(23)9-8-15-11-19-12-21(15)2/h3-7,11-13,16H,8-10H2,1-2H3,(H,20,23). The topological polar surface area (TPSA) is 67.2 Å². The Hall–Kier alpha value is -2.63. The summed E-state index contributed by atoms with van der Waals surface area (Å²) in [6, 6.07) is 9.21. The predicted octanol–water partition coefficient (Wildman–Crippen LogP) is 1.66. The summed E-state index contributed by atoms with van der Waals surface area (Å²) in [4.78, 5) is 30.6. The molecule has 1 aliphatic rings. The highest BCUT2D eigenvalue weighted by Crippen LogP contribution is 2.26. The Morgan fingerprint density at radius 3 is 2.75 bits per heavy atom. The van der Waals surface area contributed by atoms with Crippen LogP contribution in [0.3, 0.4) is 0 Å². The largest absolute Gasteiger partial charge is 0.344 e. The molecule has 1 fully saturated rings. The van der Waals surface area contributed by atoms with Gasteiger partial charge in [0.2, 0.25) is 11.8 Å². The summed E-state index contributed by atoms with van der Waals surface area (Å²) in [5.41, 5.74) is 1.88. The van der Waals surface area contributed by atoms with Gasteiger partial charge in [-0.2, -0.15) is 0 Å². The second-order valence-corrected chi connectivity index (χ2v) is 6.24. The van der Waals surface area contributed by atoms with Crippen LogP contribution in [0.1, 0.15) is 25.5 Å². The molecule has 0 bridgehead atoms. The zero-order valence-corrected chi connectivity index (χ0v) is 14.0. The lowest BCUT2D eigenvalue weighted by Gasteiger charge is -2.21. The van der Waals surface area contributed by atoms with Gasteiger partial charge in [0, 0.05) is 37.1 Å². The fourth-order valence-electron chi connectivity index (χ4n) is 3.16. The Morgan fingerprint density at radius 2 is 2.08 bits per heavy atom. The SMILES string of the molecule is CC1CC(NC(=O)CCc2cncn2C)C(=O)N1c1ccccc1. The minimum atomic E-state index is -0.445.